The second-order valence-corrected chi connectivity index (χ2v) is 10.2. The number of hydrogen-bond acceptors (Lipinski definition) is 2. The second kappa shape index (κ2) is 5.98. The molecule has 0 atom stereocenters. The Morgan fingerprint density at radius 1 is 1.00 bits per heavy atom. The molecule has 0 radical (unpaired) electrons. The van der Waals surface area contributed by atoms with Gasteiger partial charge in [-0.1, -0.05) is 45.0 Å². The minimum Gasteiger partial charge on any atom is -0.371 e. The molecule has 2 aromatic carbocycles. The molecule has 2 aromatic heterocycles. The van der Waals surface area contributed by atoms with Gasteiger partial charge in [-0.25, -0.2) is 4.98 Å². The molecule has 4 aromatic rings. The van der Waals surface area contributed by atoms with E-state index in [1.165, 1.54) is 66.1 Å². The molecule has 0 unspecified atom stereocenters. The van der Waals surface area contributed by atoms with Crippen molar-refractivity contribution in [3.05, 3.63) is 53.3 Å². The molecule has 0 N–H and O–H groups in total. The fourth-order valence-corrected chi connectivity index (χ4v) is 5.66. The van der Waals surface area contributed by atoms with Gasteiger partial charge in [0.2, 0.25) is 0 Å². The normalized spacial score (nSPS) is 16.7. The van der Waals surface area contributed by atoms with Crippen molar-refractivity contribution in [1.82, 2.24) is 9.38 Å². The van der Waals surface area contributed by atoms with Crippen LogP contribution in [0.3, 0.4) is 0 Å². The third-order valence-electron chi connectivity index (χ3n) is 6.67. The Morgan fingerprint density at radius 3 is 2.55 bits per heavy atom. The number of aryl methyl sites for hydroxylation is 2. The van der Waals surface area contributed by atoms with Crippen LogP contribution in [0.5, 0.6) is 0 Å². The summed E-state index contributed by atoms with van der Waals surface area (Å²) in [5.74, 6) is 0. The van der Waals surface area contributed by atoms with Gasteiger partial charge < -0.3 is 4.90 Å². The second-order valence-electron chi connectivity index (χ2n) is 10.2. The van der Waals surface area contributed by atoms with E-state index in [-0.39, 0.29) is 5.41 Å². The number of rotatable bonds is 1. The summed E-state index contributed by atoms with van der Waals surface area (Å²) in [4.78, 5) is 7.77. The highest BCUT2D eigenvalue weighted by molar-refractivity contribution is 6.14. The van der Waals surface area contributed by atoms with Crippen molar-refractivity contribution in [2.24, 2.45) is 5.41 Å². The summed E-state index contributed by atoms with van der Waals surface area (Å²) < 4.78 is 2.39. The Morgan fingerprint density at radius 2 is 1.76 bits per heavy atom. The third-order valence-corrected chi connectivity index (χ3v) is 6.67. The number of anilines is 1. The van der Waals surface area contributed by atoms with Crippen LogP contribution in [0.25, 0.3) is 27.3 Å². The lowest BCUT2D eigenvalue weighted by Crippen LogP contribution is -2.34. The van der Waals surface area contributed by atoms with Crippen molar-refractivity contribution >= 4 is 33.0 Å². The first-order valence-electron chi connectivity index (χ1n) is 11.1. The van der Waals surface area contributed by atoms with E-state index in [0.29, 0.717) is 0 Å². The topological polar surface area (TPSA) is 20.5 Å². The van der Waals surface area contributed by atoms with Crippen LogP contribution in [0, 0.1) is 5.41 Å². The van der Waals surface area contributed by atoms with E-state index in [1.54, 1.807) is 16.8 Å². The highest BCUT2D eigenvalue weighted by Crippen LogP contribution is 2.43. The van der Waals surface area contributed by atoms with Gasteiger partial charge in [-0.15, -0.1) is 0 Å². The first-order valence-corrected chi connectivity index (χ1v) is 11.1. The lowest BCUT2D eigenvalue weighted by molar-refractivity contribution is 0.407. The Balaban J connectivity index is 1.77. The van der Waals surface area contributed by atoms with Crippen LogP contribution < -0.4 is 4.90 Å². The third kappa shape index (κ3) is 2.59. The van der Waals surface area contributed by atoms with E-state index in [0.717, 1.165) is 12.1 Å². The summed E-state index contributed by atoms with van der Waals surface area (Å²) in [5.41, 5.74) is 8.56. The molecule has 0 spiro atoms. The zero-order chi connectivity index (χ0) is 19.8. The molecule has 2 aliphatic rings. The Labute approximate surface area is 172 Å². The van der Waals surface area contributed by atoms with Crippen LogP contribution in [-0.4, -0.2) is 22.5 Å². The maximum Gasteiger partial charge on any atom is 0.145 e. The fourth-order valence-electron chi connectivity index (χ4n) is 5.66. The molecule has 3 nitrogen and oxygen atoms in total. The van der Waals surface area contributed by atoms with Crippen LogP contribution in [-0.2, 0) is 19.3 Å². The van der Waals surface area contributed by atoms with Crippen molar-refractivity contribution in [2.45, 2.75) is 52.9 Å². The minimum atomic E-state index is 0.231. The van der Waals surface area contributed by atoms with Gasteiger partial charge in [-0.3, -0.25) is 4.40 Å². The van der Waals surface area contributed by atoms with Crippen molar-refractivity contribution < 1.29 is 0 Å². The highest BCUT2D eigenvalue weighted by Gasteiger charge is 2.27. The molecule has 0 saturated carbocycles. The predicted molar refractivity (Wildman–Crippen MR) is 122 cm³/mol. The summed E-state index contributed by atoms with van der Waals surface area (Å²) in [6.07, 6.45) is 8.22. The van der Waals surface area contributed by atoms with Gasteiger partial charge in [0.05, 0.1) is 11.2 Å². The molecule has 0 saturated heterocycles. The summed E-state index contributed by atoms with van der Waals surface area (Å²) >= 11 is 0. The molecule has 0 aliphatic carbocycles. The first-order chi connectivity index (χ1) is 14.0. The fraction of sp³-hybridized carbons (Fsp3) is 0.423. The van der Waals surface area contributed by atoms with Crippen molar-refractivity contribution in [3.63, 3.8) is 0 Å². The van der Waals surface area contributed by atoms with E-state index >= 15 is 0 Å². The van der Waals surface area contributed by atoms with Gasteiger partial charge >= 0.3 is 0 Å². The van der Waals surface area contributed by atoms with Crippen molar-refractivity contribution in [2.75, 3.05) is 18.0 Å². The quantitative estimate of drug-likeness (QED) is 0.380. The lowest BCUT2D eigenvalue weighted by atomic mass is 9.87. The molecule has 0 amide bonds. The van der Waals surface area contributed by atoms with Gasteiger partial charge in [-0.2, -0.15) is 0 Å². The van der Waals surface area contributed by atoms with E-state index in [9.17, 15) is 0 Å². The first kappa shape index (κ1) is 17.3. The molecule has 4 heterocycles. The van der Waals surface area contributed by atoms with Gasteiger partial charge in [-0.05, 0) is 60.1 Å². The average molecular weight is 384 g/mol. The van der Waals surface area contributed by atoms with Crippen LogP contribution in [0.2, 0.25) is 0 Å². The summed E-state index contributed by atoms with van der Waals surface area (Å²) in [7, 11) is 0. The van der Waals surface area contributed by atoms with Crippen LogP contribution in [0.15, 0.2) is 36.5 Å². The minimum absolute atomic E-state index is 0.231. The zero-order valence-electron chi connectivity index (χ0n) is 17.8. The number of fused-ring (bicyclic) bond motifs is 7. The molecular weight excluding hydrogens is 354 g/mol. The molecule has 3 heteroatoms. The smallest absolute Gasteiger partial charge is 0.145 e. The number of pyridine rings is 1. The van der Waals surface area contributed by atoms with E-state index < -0.39 is 0 Å². The van der Waals surface area contributed by atoms with E-state index in [2.05, 4.69) is 66.6 Å². The van der Waals surface area contributed by atoms with Gasteiger partial charge in [0, 0.05) is 35.7 Å². The summed E-state index contributed by atoms with van der Waals surface area (Å²) in [6, 6.07) is 11.4. The number of imidazole rings is 1. The Kier molecular flexibility index (Phi) is 3.57. The summed E-state index contributed by atoms with van der Waals surface area (Å²) in [5, 5.41) is 4.11. The zero-order valence-corrected chi connectivity index (χ0v) is 17.8. The van der Waals surface area contributed by atoms with E-state index in [1.807, 2.05) is 0 Å². The number of nitrogens with zero attached hydrogens (tertiary/aromatic N) is 3. The van der Waals surface area contributed by atoms with Crippen LogP contribution in [0.4, 0.5) is 5.69 Å². The summed E-state index contributed by atoms with van der Waals surface area (Å²) in [6.45, 7) is 9.31. The molecule has 2 aliphatic heterocycles. The maximum atomic E-state index is 5.13. The van der Waals surface area contributed by atoms with E-state index in [4.69, 9.17) is 4.98 Å². The Bertz CT molecular complexity index is 1270. The molecular formula is C26H29N3. The lowest BCUT2D eigenvalue weighted by Gasteiger charge is -2.37. The highest BCUT2D eigenvalue weighted by atomic mass is 15.1. The molecule has 29 heavy (non-hydrogen) atoms. The molecule has 0 fully saturated rings. The number of hydrogen-bond donors (Lipinski definition) is 0. The number of aromatic nitrogens is 2. The van der Waals surface area contributed by atoms with Gasteiger partial charge in [0.25, 0.3) is 0 Å². The molecule has 148 valence electrons. The molecule has 6 rings (SSSR count). The van der Waals surface area contributed by atoms with Gasteiger partial charge in [0.1, 0.15) is 5.65 Å². The van der Waals surface area contributed by atoms with Crippen molar-refractivity contribution in [1.29, 1.82) is 0 Å². The maximum absolute atomic E-state index is 5.13. The number of benzene rings is 2. The monoisotopic (exact) mass is 383 g/mol. The molecule has 0 bridgehead atoms. The largest absolute Gasteiger partial charge is 0.371 e. The Hall–Kier alpha value is -2.55. The van der Waals surface area contributed by atoms with Gasteiger partial charge in [0.15, 0.2) is 0 Å². The SMILES string of the molecule is CC(C)(C)Cc1cn2c3cc4c5c(c3c3ccccc3c2n1)CCCN5CCC4. The van der Waals surface area contributed by atoms with Crippen LogP contribution >= 0.6 is 0 Å². The predicted octanol–water partition coefficient (Wildman–Crippen LogP) is 5.93. The standard InChI is InChI=1S/C26H29N3/c1-26(2,3)15-18-16-29-22-14-17-8-6-12-28-13-7-11-21(24(17)28)23(22)19-9-4-5-10-20(19)25(29)27-18/h4-5,9-10,14,16H,6-8,11-13,15H2,1-3H3. The van der Waals surface area contributed by atoms with Crippen LogP contribution in [0.1, 0.15) is 50.4 Å². The van der Waals surface area contributed by atoms with Crippen molar-refractivity contribution in [3.8, 4) is 0 Å². The average Bonchev–Trinajstić information content (AvgIpc) is 3.11.